The molecule has 0 aliphatic rings. The van der Waals surface area contributed by atoms with Crippen LogP contribution in [0.25, 0.3) is 0 Å². The molecule has 0 aliphatic heterocycles. The Hall–Kier alpha value is -1.71. The van der Waals surface area contributed by atoms with Crippen LogP contribution in [0.5, 0.6) is 0 Å². The highest BCUT2D eigenvalue weighted by atomic mass is 16.4. The van der Waals surface area contributed by atoms with Gasteiger partial charge in [-0.05, 0) is 30.9 Å². The highest BCUT2D eigenvalue weighted by Gasteiger charge is 2.10. The van der Waals surface area contributed by atoms with Crippen LogP contribution in [0.15, 0.2) is 18.2 Å². The van der Waals surface area contributed by atoms with Crippen molar-refractivity contribution >= 4 is 17.3 Å². The number of rotatable bonds is 6. The number of para-hydroxylation sites is 1. The van der Waals surface area contributed by atoms with Crippen molar-refractivity contribution in [1.82, 2.24) is 0 Å². The first-order valence-electron chi connectivity index (χ1n) is 5.88. The molecule has 0 spiro atoms. The fourth-order valence-electron chi connectivity index (χ4n) is 1.64. The zero-order chi connectivity index (χ0) is 12.8. The van der Waals surface area contributed by atoms with E-state index in [-0.39, 0.29) is 5.56 Å². The number of carboxylic acids is 1. The lowest BCUT2D eigenvalue weighted by atomic mass is 10.1. The number of nitrogens with two attached hydrogens (primary N) is 1. The number of hydrogen-bond donors (Lipinski definition) is 3. The average molecular weight is 236 g/mol. The minimum absolute atomic E-state index is 0.152. The summed E-state index contributed by atoms with van der Waals surface area (Å²) in [5.74, 6) is -0.312. The van der Waals surface area contributed by atoms with E-state index in [9.17, 15) is 4.79 Å². The molecule has 0 aliphatic carbocycles. The Morgan fingerprint density at radius 2 is 2.18 bits per heavy atom. The molecule has 0 fully saturated rings. The summed E-state index contributed by atoms with van der Waals surface area (Å²) in [6.07, 6.45) is 2.19. The van der Waals surface area contributed by atoms with Gasteiger partial charge >= 0.3 is 5.97 Å². The van der Waals surface area contributed by atoms with Crippen LogP contribution in [-0.2, 0) is 0 Å². The summed E-state index contributed by atoms with van der Waals surface area (Å²) in [5, 5.41) is 12.1. The summed E-state index contributed by atoms with van der Waals surface area (Å²) in [6, 6.07) is 5.01. The first kappa shape index (κ1) is 13.4. The molecule has 0 bridgehead atoms. The second-order valence-electron chi connectivity index (χ2n) is 4.53. The molecule has 94 valence electrons. The van der Waals surface area contributed by atoms with Gasteiger partial charge in [0.15, 0.2) is 0 Å². The summed E-state index contributed by atoms with van der Waals surface area (Å²) in [6.45, 7) is 5.17. The largest absolute Gasteiger partial charge is 0.478 e. The van der Waals surface area contributed by atoms with Gasteiger partial charge in [0.1, 0.15) is 0 Å². The summed E-state index contributed by atoms with van der Waals surface area (Å²) < 4.78 is 0. The Labute approximate surface area is 102 Å². The lowest BCUT2D eigenvalue weighted by Gasteiger charge is -2.11. The number of nitrogen functional groups attached to an aromatic ring is 1. The fraction of sp³-hybridized carbons (Fsp3) is 0.462. The van der Waals surface area contributed by atoms with E-state index >= 15 is 0 Å². The third kappa shape index (κ3) is 3.98. The normalized spacial score (nSPS) is 10.5. The minimum atomic E-state index is -0.992. The number of hydrogen-bond acceptors (Lipinski definition) is 3. The second kappa shape index (κ2) is 6.13. The predicted octanol–water partition coefficient (Wildman–Crippen LogP) is 2.82. The van der Waals surface area contributed by atoms with Crippen LogP contribution < -0.4 is 11.1 Å². The molecule has 0 amide bonds. The molecule has 1 aromatic rings. The number of carboxylic acid groups (broad SMARTS) is 1. The molecule has 1 aromatic carbocycles. The van der Waals surface area contributed by atoms with E-state index in [1.54, 1.807) is 12.1 Å². The maximum Gasteiger partial charge on any atom is 0.337 e. The number of aromatic carboxylic acids is 1. The SMILES string of the molecule is CC(C)CCCNc1cccc(C(=O)O)c1N. The van der Waals surface area contributed by atoms with Gasteiger partial charge in [0.05, 0.1) is 16.9 Å². The molecule has 0 aromatic heterocycles. The van der Waals surface area contributed by atoms with E-state index in [1.807, 2.05) is 0 Å². The summed E-state index contributed by atoms with van der Waals surface area (Å²) in [5.41, 5.74) is 6.95. The second-order valence-corrected chi connectivity index (χ2v) is 4.53. The average Bonchev–Trinajstić information content (AvgIpc) is 2.25. The zero-order valence-electron chi connectivity index (χ0n) is 10.4. The molecule has 0 atom stereocenters. The molecule has 4 nitrogen and oxygen atoms in total. The highest BCUT2D eigenvalue weighted by molar-refractivity contribution is 5.97. The summed E-state index contributed by atoms with van der Waals surface area (Å²) in [4.78, 5) is 10.9. The minimum Gasteiger partial charge on any atom is -0.478 e. The molecule has 0 unspecified atom stereocenters. The molecule has 4 N–H and O–H groups in total. The van der Waals surface area contributed by atoms with E-state index < -0.39 is 5.97 Å². The number of anilines is 2. The molecular formula is C13H20N2O2. The molecule has 1 rings (SSSR count). The number of carbonyl (C=O) groups is 1. The van der Waals surface area contributed by atoms with Crippen LogP contribution in [-0.4, -0.2) is 17.6 Å². The van der Waals surface area contributed by atoms with Crippen molar-refractivity contribution in [3.63, 3.8) is 0 Å². The van der Waals surface area contributed by atoms with E-state index in [4.69, 9.17) is 10.8 Å². The van der Waals surface area contributed by atoms with Crippen molar-refractivity contribution < 1.29 is 9.90 Å². The van der Waals surface area contributed by atoms with Gasteiger partial charge in [-0.1, -0.05) is 19.9 Å². The lowest BCUT2D eigenvalue weighted by molar-refractivity contribution is 0.0698. The predicted molar refractivity (Wildman–Crippen MR) is 70.4 cm³/mol. The van der Waals surface area contributed by atoms with Gasteiger partial charge in [-0.25, -0.2) is 4.79 Å². The van der Waals surface area contributed by atoms with E-state index in [1.165, 1.54) is 6.07 Å². The van der Waals surface area contributed by atoms with Crippen LogP contribution >= 0.6 is 0 Å². The van der Waals surface area contributed by atoms with Gasteiger partial charge < -0.3 is 16.2 Å². The van der Waals surface area contributed by atoms with E-state index in [0.29, 0.717) is 17.3 Å². The van der Waals surface area contributed by atoms with Crippen molar-refractivity contribution in [1.29, 1.82) is 0 Å². The monoisotopic (exact) mass is 236 g/mol. The highest BCUT2D eigenvalue weighted by Crippen LogP contribution is 2.22. The lowest BCUT2D eigenvalue weighted by Crippen LogP contribution is -2.09. The molecule has 0 saturated carbocycles. The third-order valence-corrected chi connectivity index (χ3v) is 2.61. The molecule has 17 heavy (non-hydrogen) atoms. The molecule has 0 saturated heterocycles. The first-order valence-corrected chi connectivity index (χ1v) is 5.88. The van der Waals surface area contributed by atoms with Crippen LogP contribution in [0.2, 0.25) is 0 Å². The van der Waals surface area contributed by atoms with E-state index in [2.05, 4.69) is 19.2 Å². The van der Waals surface area contributed by atoms with Gasteiger partial charge in [-0.15, -0.1) is 0 Å². The summed E-state index contributed by atoms with van der Waals surface area (Å²) >= 11 is 0. The van der Waals surface area contributed by atoms with Gasteiger partial charge in [0.2, 0.25) is 0 Å². The van der Waals surface area contributed by atoms with Gasteiger partial charge in [0, 0.05) is 6.54 Å². The smallest absolute Gasteiger partial charge is 0.337 e. The summed E-state index contributed by atoms with van der Waals surface area (Å²) in [7, 11) is 0. The number of benzene rings is 1. The maximum absolute atomic E-state index is 10.9. The first-order chi connectivity index (χ1) is 8.02. The van der Waals surface area contributed by atoms with Gasteiger partial charge in [-0.3, -0.25) is 0 Å². The van der Waals surface area contributed by atoms with Crippen LogP contribution in [0, 0.1) is 5.92 Å². The van der Waals surface area contributed by atoms with Crippen molar-refractivity contribution in [2.75, 3.05) is 17.6 Å². The Kier molecular flexibility index (Phi) is 4.82. The molecule has 0 heterocycles. The van der Waals surface area contributed by atoms with Crippen LogP contribution in [0.4, 0.5) is 11.4 Å². The zero-order valence-corrected chi connectivity index (χ0v) is 10.4. The van der Waals surface area contributed by atoms with Crippen molar-refractivity contribution in [2.24, 2.45) is 5.92 Å². The Morgan fingerprint density at radius 3 is 2.76 bits per heavy atom. The maximum atomic E-state index is 10.9. The van der Waals surface area contributed by atoms with Gasteiger partial charge in [-0.2, -0.15) is 0 Å². The standard InChI is InChI=1S/C13H20N2O2/c1-9(2)5-4-8-15-11-7-3-6-10(12(11)14)13(16)17/h3,6-7,9,15H,4-5,8,14H2,1-2H3,(H,16,17). The van der Waals surface area contributed by atoms with Crippen LogP contribution in [0.3, 0.4) is 0 Å². The number of nitrogens with one attached hydrogen (secondary N) is 1. The van der Waals surface area contributed by atoms with Gasteiger partial charge in [0.25, 0.3) is 0 Å². The topological polar surface area (TPSA) is 75.3 Å². The van der Waals surface area contributed by atoms with Crippen molar-refractivity contribution in [3.05, 3.63) is 23.8 Å². The Morgan fingerprint density at radius 1 is 1.47 bits per heavy atom. The quantitative estimate of drug-likeness (QED) is 0.524. The molecule has 0 radical (unpaired) electrons. The Bertz CT molecular complexity index is 389. The molecular weight excluding hydrogens is 216 g/mol. The third-order valence-electron chi connectivity index (χ3n) is 2.61. The van der Waals surface area contributed by atoms with Crippen molar-refractivity contribution in [3.8, 4) is 0 Å². The molecule has 4 heteroatoms. The van der Waals surface area contributed by atoms with Crippen LogP contribution in [0.1, 0.15) is 37.0 Å². The van der Waals surface area contributed by atoms with Crippen molar-refractivity contribution in [2.45, 2.75) is 26.7 Å². The Balaban J connectivity index is 2.59. The van der Waals surface area contributed by atoms with E-state index in [0.717, 1.165) is 19.4 Å². The fourth-order valence-corrected chi connectivity index (χ4v) is 1.64.